The summed E-state index contributed by atoms with van der Waals surface area (Å²) in [6, 6.07) is 5.91. The van der Waals surface area contributed by atoms with Crippen molar-refractivity contribution >= 4 is 17.6 Å². The summed E-state index contributed by atoms with van der Waals surface area (Å²) in [6.07, 6.45) is 1.91. The Kier molecular flexibility index (Phi) is 2.65. The Hall–Kier alpha value is -1.84. The zero-order chi connectivity index (χ0) is 14.7. The van der Waals surface area contributed by atoms with Crippen LogP contribution in [-0.2, 0) is 14.3 Å². The maximum absolute atomic E-state index is 12.6. The van der Waals surface area contributed by atoms with Gasteiger partial charge in [0.15, 0.2) is 0 Å². The molecule has 5 atom stereocenters. The summed E-state index contributed by atoms with van der Waals surface area (Å²) in [7, 11) is 0. The molecular formula is C17H19NO3. The van der Waals surface area contributed by atoms with Crippen LogP contribution in [0.5, 0.6) is 0 Å². The zero-order valence-electron chi connectivity index (χ0n) is 12.3. The number of ether oxygens (including phenoxy) is 1. The molecule has 2 aliphatic carbocycles. The molecule has 0 unspecified atom stereocenters. The summed E-state index contributed by atoms with van der Waals surface area (Å²) in [5, 5.41) is 2.99. The molecule has 2 saturated carbocycles. The molecule has 0 aromatic heterocycles. The SMILES string of the molecule is Cc1ccc(NC(=O)[C@@H]2[C@H]3C[C@@H]4[C@@H]2C(=O)O[C@@H]4C3)cc1C. The minimum atomic E-state index is -0.208. The van der Waals surface area contributed by atoms with Gasteiger partial charge in [-0.2, -0.15) is 0 Å². The molecule has 1 aromatic carbocycles. The van der Waals surface area contributed by atoms with E-state index in [-0.39, 0.29) is 35.7 Å². The van der Waals surface area contributed by atoms with Gasteiger partial charge in [0.1, 0.15) is 6.10 Å². The van der Waals surface area contributed by atoms with E-state index in [0.717, 1.165) is 24.1 Å². The molecule has 1 heterocycles. The lowest BCUT2D eigenvalue weighted by atomic mass is 9.79. The van der Waals surface area contributed by atoms with Gasteiger partial charge in [0.2, 0.25) is 5.91 Å². The van der Waals surface area contributed by atoms with Crippen LogP contribution in [-0.4, -0.2) is 18.0 Å². The Balaban J connectivity index is 1.55. The van der Waals surface area contributed by atoms with Gasteiger partial charge >= 0.3 is 5.97 Å². The molecule has 1 amide bonds. The first-order chi connectivity index (χ1) is 10.0. The van der Waals surface area contributed by atoms with Gasteiger partial charge in [0.25, 0.3) is 0 Å². The average Bonchev–Trinajstić information content (AvgIpc) is 3.04. The number of hydrogen-bond donors (Lipinski definition) is 1. The van der Waals surface area contributed by atoms with E-state index in [2.05, 4.69) is 5.32 Å². The van der Waals surface area contributed by atoms with Crippen molar-refractivity contribution in [2.75, 3.05) is 5.32 Å². The molecule has 0 spiro atoms. The van der Waals surface area contributed by atoms with Crippen molar-refractivity contribution in [3.8, 4) is 0 Å². The molecule has 0 radical (unpaired) electrons. The van der Waals surface area contributed by atoms with Crippen LogP contribution < -0.4 is 5.32 Å². The Morgan fingerprint density at radius 3 is 2.81 bits per heavy atom. The quantitative estimate of drug-likeness (QED) is 0.849. The first-order valence-electron chi connectivity index (χ1n) is 7.63. The second-order valence-electron chi connectivity index (χ2n) is 6.71. The molecule has 21 heavy (non-hydrogen) atoms. The van der Waals surface area contributed by atoms with E-state index in [1.807, 2.05) is 32.0 Å². The molecule has 4 nitrogen and oxygen atoms in total. The monoisotopic (exact) mass is 285 g/mol. The number of nitrogens with one attached hydrogen (secondary N) is 1. The number of benzene rings is 1. The fraction of sp³-hybridized carbons (Fsp3) is 0.529. The molecular weight excluding hydrogens is 266 g/mol. The van der Waals surface area contributed by atoms with Crippen molar-refractivity contribution in [3.63, 3.8) is 0 Å². The molecule has 1 N–H and O–H groups in total. The number of anilines is 1. The second-order valence-corrected chi connectivity index (χ2v) is 6.71. The first kappa shape index (κ1) is 12.9. The molecule has 3 fully saturated rings. The summed E-state index contributed by atoms with van der Waals surface area (Å²) >= 11 is 0. The summed E-state index contributed by atoms with van der Waals surface area (Å²) in [5.41, 5.74) is 3.17. The number of carbonyl (C=O) groups is 2. The van der Waals surface area contributed by atoms with Gasteiger partial charge in [0, 0.05) is 11.6 Å². The van der Waals surface area contributed by atoms with Gasteiger partial charge < -0.3 is 10.1 Å². The third-order valence-corrected chi connectivity index (χ3v) is 5.56. The number of fused-ring (bicyclic) bond motifs is 1. The number of rotatable bonds is 2. The minimum absolute atomic E-state index is 0.0203. The summed E-state index contributed by atoms with van der Waals surface area (Å²) in [6.45, 7) is 4.08. The molecule has 1 aliphatic heterocycles. The number of aryl methyl sites for hydroxylation is 2. The molecule has 4 rings (SSSR count). The summed E-state index contributed by atoms with van der Waals surface area (Å²) < 4.78 is 5.39. The Morgan fingerprint density at radius 2 is 2.05 bits per heavy atom. The smallest absolute Gasteiger partial charge is 0.310 e. The maximum Gasteiger partial charge on any atom is 0.310 e. The van der Waals surface area contributed by atoms with Crippen LogP contribution in [0.1, 0.15) is 24.0 Å². The highest BCUT2D eigenvalue weighted by Gasteiger charge is 2.63. The lowest BCUT2D eigenvalue weighted by molar-refractivity contribution is -0.145. The van der Waals surface area contributed by atoms with Crippen LogP contribution in [0.2, 0.25) is 0 Å². The van der Waals surface area contributed by atoms with E-state index in [0.29, 0.717) is 5.92 Å². The first-order valence-corrected chi connectivity index (χ1v) is 7.63. The predicted octanol–water partition coefficient (Wildman–Crippen LogP) is 2.44. The largest absolute Gasteiger partial charge is 0.462 e. The standard InChI is InChI=1S/C17H19NO3/c1-8-3-4-11(5-9(8)2)18-16(19)14-10-6-12-13(7-10)21-17(20)15(12)14/h3-5,10,12-15H,6-7H2,1-2H3,(H,18,19)/t10-,12-,13+,14+,15-/m0/s1. The van der Waals surface area contributed by atoms with Crippen LogP contribution in [0.25, 0.3) is 0 Å². The highest BCUT2D eigenvalue weighted by molar-refractivity contribution is 5.97. The topological polar surface area (TPSA) is 55.4 Å². The van der Waals surface area contributed by atoms with Gasteiger partial charge in [-0.25, -0.2) is 0 Å². The van der Waals surface area contributed by atoms with Gasteiger partial charge in [-0.3, -0.25) is 9.59 Å². The number of hydrogen-bond acceptors (Lipinski definition) is 3. The van der Waals surface area contributed by atoms with Crippen molar-refractivity contribution in [2.45, 2.75) is 32.8 Å². The highest BCUT2D eigenvalue weighted by Crippen LogP contribution is 2.57. The van der Waals surface area contributed by atoms with E-state index in [4.69, 9.17) is 4.74 Å². The second kappa shape index (κ2) is 4.33. The Morgan fingerprint density at radius 1 is 1.24 bits per heavy atom. The third-order valence-electron chi connectivity index (χ3n) is 5.56. The number of esters is 1. The van der Waals surface area contributed by atoms with Crippen molar-refractivity contribution in [2.24, 2.45) is 23.7 Å². The van der Waals surface area contributed by atoms with Crippen LogP contribution in [0.3, 0.4) is 0 Å². The number of amides is 1. The lowest BCUT2D eigenvalue weighted by Crippen LogP contribution is -2.35. The molecule has 110 valence electrons. The Labute approximate surface area is 123 Å². The van der Waals surface area contributed by atoms with Crippen LogP contribution >= 0.6 is 0 Å². The van der Waals surface area contributed by atoms with Gasteiger partial charge in [-0.1, -0.05) is 6.07 Å². The fourth-order valence-electron chi connectivity index (χ4n) is 4.41. The Bertz CT molecular complexity index is 637. The fourth-order valence-corrected chi connectivity index (χ4v) is 4.41. The maximum atomic E-state index is 12.6. The van der Waals surface area contributed by atoms with E-state index in [1.165, 1.54) is 5.56 Å². The van der Waals surface area contributed by atoms with Gasteiger partial charge in [0.05, 0.1) is 11.8 Å². The minimum Gasteiger partial charge on any atom is -0.462 e. The van der Waals surface area contributed by atoms with E-state index >= 15 is 0 Å². The molecule has 1 aromatic rings. The normalized spacial score (nSPS) is 35.9. The lowest BCUT2D eigenvalue weighted by Gasteiger charge is -2.23. The van der Waals surface area contributed by atoms with Gasteiger partial charge in [-0.15, -0.1) is 0 Å². The van der Waals surface area contributed by atoms with Crippen molar-refractivity contribution in [1.82, 2.24) is 0 Å². The van der Waals surface area contributed by atoms with Gasteiger partial charge in [-0.05, 0) is 55.9 Å². The molecule has 1 saturated heterocycles. The van der Waals surface area contributed by atoms with Crippen molar-refractivity contribution in [1.29, 1.82) is 0 Å². The third kappa shape index (κ3) is 1.81. The van der Waals surface area contributed by atoms with E-state index in [1.54, 1.807) is 0 Å². The van der Waals surface area contributed by atoms with Crippen molar-refractivity contribution < 1.29 is 14.3 Å². The van der Waals surface area contributed by atoms with E-state index in [9.17, 15) is 9.59 Å². The van der Waals surface area contributed by atoms with Crippen LogP contribution in [0, 0.1) is 37.5 Å². The zero-order valence-corrected chi connectivity index (χ0v) is 12.3. The molecule has 2 bridgehead atoms. The molecule has 4 heteroatoms. The van der Waals surface area contributed by atoms with Crippen LogP contribution in [0.15, 0.2) is 18.2 Å². The molecule has 3 aliphatic rings. The summed E-state index contributed by atoms with van der Waals surface area (Å²) in [4.78, 5) is 24.6. The predicted molar refractivity (Wildman–Crippen MR) is 77.6 cm³/mol. The highest BCUT2D eigenvalue weighted by atomic mass is 16.6. The van der Waals surface area contributed by atoms with Crippen molar-refractivity contribution in [3.05, 3.63) is 29.3 Å². The summed E-state index contributed by atoms with van der Waals surface area (Å²) in [5.74, 6) is -0.0116. The average molecular weight is 285 g/mol. The number of carbonyl (C=O) groups excluding carboxylic acids is 2. The van der Waals surface area contributed by atoms with Crippen LogP contribution in [0.4, 0.5) is 5.69 Å². The van der Waals surface area contributed by atoms with E-state index < -0.39 is 0 Å².